The van der Waals surface area contributed by atoms with Gasteiger partial charge in [0.25, 0.3) is 0 Å². The second kappa shape index (κ2) is 6.93. The van der Waals surface area contributed by atoms with E-state index < -0.39 is 12.7 Å². The zero-order valence-corrected chi connectivity index (χ0v) is 11.1. The highest BCUT2D eigenvalue weighted by Crippen LogP contribution is 2.21. The quantitative estimate of drug-likeness (QED) is 0.844. The molecule has 0 unspecified atom stereocenters. The lowest BCUT2D eigenvalue weighted by Crippen LogP contribution is -2.36. The summed E-state index contributed by atoms with van der Waals surface area (Å²) in [5.74, 6) is 0.523. The molecule has 0 aliphatic rings. The zero-order chi connectivity index (χ0) is 14.5. The molecule has 19 heavy (non-hydrogen) atoms. The van der Waals surface area contributed by atoms with Crippen molar-refractivity contribution in [2.24, 2.45) is 0 Å². The predicted molar refractivity (Wildman–Crippen MR) is 67.2 cm³/mol. The van der Waals surface area contributed by atoms with Gasteiger partial charge in [0.15, 0.2) is 0 Å². The molecule has 4 nitrogen and oxygen atoms in total. The summed E-state index contributed by atoms with van der Waals surface area (Å²) in [6.07, 6.45) is -4.33. The molecule has 0 aliphatic heterocycles. The summed E-state index contributed by atoms with van der Waals surface area (Å²) in [7, 11) is 1.65. The van der Waals surface area contributed by atoms with E-state index in [1.807, 2.05) is 0 Å². The predicted octanol–water partition coefficient (Wildman–Crippen LogP) is 2.13. The van der Waals surface area contributed by atoms with Crippen molar-refractivity contribution in [3.8, 4) is 0 Å². The Balaban J connectivity index is 2.83. The van der Waals surface area contributed by atoms with Crippen molar-refractivity contribution in [2.75, 3.05) is 32.1 Å². The summed E-state index contributed by atoms with van der Waals surface area (Å²) < 4.78 is 37.2. The third-order valence-electron chi connectivity index (χ3n) is 2.37. The number of hydrogen-bond acceptors (Lipinski definition) is 4. The average molecular weight is 298 g/mol. The molecule has 1 aromatic rings. The second-order valence-corrected chi connectivity index (χ2v) is 4.33. The maximum atomic E-state index is 12.4. The summed E-state index contributed by atoms with van der Waals surface area (Å²) >= 11 is 5.91. The number of alkyl halides is 3. The highest BCUT2D eigenvalue weighted by atomic mass is 35.5. The van der Waals surface area contributed by atoms with Crippen LogP contribution in [0.25, 0.3) is 0 Å². The molecule has 1 heterocycles. The number of nitrogens with zero attached hydrogens (tertiary/aromatic N) is 2. The van der Waals surface area contributed by atoms with Gasteiger partial charge in [-0.1, -0.05) is 11.6 Å². The molecule has 0 atom stereocenters. The van der Waals surface area contributed by atoms with Crippen LogP contribution < -0.4 is 5.32 Å². The first-order valence-corrected chi connectivity index (χ1v) is 5.96. The molecule has 1 rings (SSSR count). The largest absolute Gasteiger partial charge is 0.401 e. The normalized spacial score (nSPS) is 11.9. The number of hydrogen-bond donors (Lipinski definition) is 2. The van der Waals surface area contributed by atoms with Crippen molar-refractivity contribution in [3.05, 3.63) is 22.8 Å². The Kier molecular flexibility index (Phi) is 5.84. The minimum Gasteiger partial charge on any atom is -0.395 e. The van der Waals surface area contributed by atoms with Gasteiger partial charge in [-0.15, -0.1) is 0 Å². The molecule has 0 radical (unpaired) electrons. The molecular formula is C11H15ClF3N3O. The van der Waals surface area contributed by atoms with Crippen LogP contribution in [0.1, 0.15) is 5.69 Å². The van der Waals surface area contributed by atoms with Crippen LogP contribution in [0.4, 0.5) is 19.0 Å². The lowest BCUT2D eigenvalue weighted by molar-refractivity contribution is -0.148. The van der Waals surface area contributed by atoms with Gasteiger partial charge in [-0.05, 0) is 12.1 Å². The molecule has 0 spiro atoms. The molecular weight excluding hydrogens is 283 g/mol. The first-order valence-electron chi connectivity index (χ1n) is 5.59. The molecule has 0 bridgehead atoms. The fourth-order valence-corrected chi connectivity index (χ4v) is 1.72. The van der Waals surface area contributed by atoms with Gasteiger partial charge in [0.1, 0.15) is 5.82 Å². The average Bonchev–Trinajstić information content (AvgIpc) is 2.30. The smallest absolute Gasteiger partial charge is 0.395 e. The van der Waals surface area contributed by atoms with Gasteiger partial charge in [0.05, 0.1) is 23.9 Å². The van der Waals surface area contributed by atoms with E-state index in [9.17, 15) is 13.2 Å². The Morgan fingerprint density at radius 2 is 2.11 bits per heavy atom. The maximum Gasteiger partial charge on any atom is 0.401 e. The fraction of sp³-hybridized carbons (Fsp3) is 0.545. The molecule has 1 aromatic heterocycles. The van der Waals surface area contributed by atoms with Crippen molar-refractivity contribution in [3.63, 3.8) is 0 Å². The van der Waals surface area contributed by atoms with E-state index in [2.05, 4.69) is 10.3 Å². The number of halogens is 4. The minimum atomic E-state index is -4.33. The van der Waals surface area contributed by atoms with E-state index in [4.69, 9.17) is 16.7 Å². The SMILES string of the molecule is CNc1ccc(Cl)c(CN(CCO)CC(F)(F)F)n1. The molecule has 0 fully saturated rings. The summed E-state index contributed by atoms with van der Waals surface area (Å²) in [6, 6.07) is 3.20. The van der Waals surface area contributed by atoms with E-state index in [1.165, 1.54) is 0 Å². The number of pyridine rings is 1. The number of aliphatic hydroxyl groups excluding tert-OH is 1. The Morgan fingerprint density at radius 3 is 2.63 bits per heavy atom. The number of aromatic nitrogens is 1. The van der Waals surface area contributed by atoms with E-state index in [1.54, 1.807) is 19.2 Å². The highest BCUT2D eigenvalue weighted by Gasteiger charge is 2.30. The lowest BCUT2D eigenvalue weighted by atomic mass is 10.3. The van der Waals surface area contributed by atoms with Crippen LogP contribution in [-0.2, 0) is 6.54 Å². The van der Waals surface area contributed by atoms with Gasteiger partial charge in [0.2, 0.25) is 0 Å². The third-order valence-corrected chi connectivity index (χ3v) is 2.71. The van der Waals surface area contributed by atoms with Gasteiger partial charge in [-0.2, -0.15) is 13.2 Å². The number of aliphatic hydroxyl groups is 1. The molecule has 0 saturated carbocycles. The number of rotatable bonds is 6. The topological polar surface area (TPSA) is 48.4 Å². The van der Waals surface area contributed by atoms with Crippen LogP contribution in [0.2, 0.25) is 5.02 Å². The third kappa shape index (κ3) is 5.63. The standard InChI is InChI=1S/C11H15ClF3N3O/c1-16-10-3-2-8(12)9(17-10)6-18(4-5-19)7-11(13,14)15/h2-3,19H,4-7H2,1H3,(H,16,17). The van der Waals surface area contributed by atoms with E-state index in [0.29, 0.717) is 16.5 Å². The molecule has 108 valence electrons. The van der Waals surface area contributed by atoms with Crippen LogP contribution in [0.3, 0.4) is 0 Å². The highest BCUT2D eigenvalue weighted by molar-refractivity contribution is 6.31. The van der Waals surface area contributed by atoms with E-state index >= 15 is 0 Å². The van der Waals surface area contributed by atoms with Crippen LogP contribution in [0.15, 0.2) is 12.1 Å². The van der Waals surface area contributed by atoms with Crippen molar-refractivity contribution < 1.29 is 18.3 Å². The number of anilines is 1. The lowest BCUT2D eigenvalue weighted by Gasteiger charge is -2.22. The van der Waals surface area contributed by atoms with Gasteiger partial charge < -0.3 is 10.4 Å². The number of nitrogens with one attached hydrogen (secondary N) is 1. The van der Waals surface area contributed by atoms with E-state index in [0.717, 1.165) is 4.90 Å². The zero-order valence-electron chi connectivity index (χ0n) is 10.3. The first kappa shape index (κ1) is 16.0. The van der Waals surface area contributed by atoms with Crippen LogP contribution in [0, 0.1) is 0 Å². The van der Waals surface area contributed by atoms with Gasteiger partial charge in [-0.3, -0.25) is 4.90 Å². The van der Waals surface area contributed by atoms with Crippen molar-refractivity contribution in [1.82, 2.24) is 9.88 Å². The van der Waals surface area contributed by atoms with Gasteiger partial charge in [-0.25, -0.2) is 4.98 Å². The molecule has 8 heteroatoms. The van der Waals surface area contributed by atoms with Gasteiger partial charge >= 0.3 is 6.18 Å². The fourth-order valence-electron chi connectivity index (χ4n) is 1.56. The Bertz CT molecular complexity index is 415. The Morgan fingerprint density at radius 1 is 1.42 bits per heavy atom. The molecule has 0 aliphatic carbocycles. The molecule has 2 N–H and O–H groups in total. The summed E-state index contributed by atoms with van der Waals surface area (Å²) in [4.78, 5) is 5.16. The van der Waals surface area contributed by atoms with E-state index in [-0.39, 0.29) is 19.7 Å². The first-order chi connectivity index (χ1) is 8.85. The van der Waals surface area contributed by atoms with Crippen molar-refractivity contribution in [2.45, 2.75) is 12.7 Å². The van der Waals surface area contributed by atoms with Gasteiger partial charge in [0, 0.05) is 20.1 Å². The Labute approximate surface area is 114 Å². The van der Waals surface area contributed by atoms with Crippen molar-refractivity contribution in [1.29, 1.82) is 0 Å². The monoisotopic (exact) mass is 297 g/mol. The molecule has 0 aromatic carbocycles. The molecule has 0 amide bonds. The van der Waals surface area contributed by atoms with Crippen LogP contribution in [0.5, 0.6) is 0 Å². The maximum absolute atomic E-state index is 12.4. The summed E-state index contributed by atoms with van der Waals surface area (Å²) in [6.45, 7) is -1.65. The Hall–Kier alpha value is -1.05. The minimum absolute atomic E-state index is 0.0750. The molecule has 0 saturated heterocycles. The summed E-state index contributed by atoms with van der Waals surface area (Å²) in [5.41, 5.74) is 0.339. The summed E-state index contributed by atoms with van der Waals surface area (Å²) in [5, 5.41) is 11.9. The van der Waals surface area contributed by atoms with Crippen LogP contribution in [-0.4, -0.2) is 47.9 Å². The second-order valence-electron chi connectivity index (χ2n) is 3.92. The van der Waals surface area contributed by atoms with Crippen LogP contribution >= 0.6 is 11.6 Å². The van der Waals surface area contributed by atoms with Crippen molar-refractivity contribution >= 4 is 17.4 Å².